The van der Waals surface area contributed by atoms with Crippen LogP contribution in [0.25, 0.3) is 0 Å². The van der Waals surface area contributed by atoms with Crippen LogP contribution in [0.5, 0.6) is 5.75 Å². The minimum absolute atomic E-state index is 0.0129. The highest BCUT2D eigenvalue weighted by Gasteiger charge is 2.31. The van der Waals surface area contributed by atoms with E-state index in [2.05, 4.69) is 16.0 Å². The average Bonchev–Trinajstić information content (AvgIpc) is 2.80. The highest BCUT2D eigenvalue weighted by atomic mass is 16.4. The number of hydrogen-bond acceptors (Lipinski definition) is 8. The Balaban J connectivity index is 3.17. The van der Waals surface area contributed by atoms with Crippen molar-refractivity contribution in [3.8, 4) is 5.75 Å². The molecule has 1 aromatic rings. The molecule has 0 aliphatic heterocycles. The van der Waals surface area contributed by atoms with E-state index in [1.54, 1.807) is 13.8 Å². The molecule has 0 aliphatic carbocycles. The van der Waals surface area contributed by atoms with E-state index >= 15 is 0 Å². The van der Waals surface area contributed by atoms with Gasteiger partial charge in [0.05, 0.1) is 6.61 Å². The molecule has 200 valence electrons. The van der Waals surface area contributed by atoms with Crippen molar-refractivity contribution in [2.75, 3.05) is 6.61 Å². The number of carboxylic acid groups (broad SMARTS) is 1. The number of nitrogens with two attached hydrogens (primary N) is 2. The van der Waals surface area contributed by atoms with Crippen LogP contribution in [0.4, 0.5) is 0 Å². The summed E-state index contributed by atoms with van der Waals surface area (Å²) in [5.41, 5.74) is 11.2. The number of carboxylic acids is 1. The zero-order valence-corrected chi connectivity index (χ0v) is 20.3. The normalized spacial score (nSPS) is 14.2. The van der Waals surface area contributed by atoms with Gasteiger partial charge < -0.3 is 42.7 Å². The number of aliphatic carboxylic acids is 1. The zero-order valence-electron chi connectivity index (χ0n) is 20.3. The number of carbonyl (C=O) groups excluding carboxylic acids is 4. The predicted molar refractivity (Wildman–Crippen MR) is 128 cm³/mol. The molecule has 0 saturated carbocycles. The Morgan fingerprint density at radius 1 is 0.889 bits per heavy atom. The number of rotatable bonds is 15. The van der Waals surface area contributed by atoms with Crippen molar-refractivity contribution >= 4 is 29.6 Å². The van der Waals surface area contributed by atoms with Crippen LogP contribution in [0.2, 0.25) is 0 Å². The Kier molecular flexibility index (Phi) is 12.3. The fourth-order valence-corrected chi connectivity index (χ4v) is 3.23. The van der Waals surface area contributed by atoms with Gasteiger partial charge in [-0.3, -0.25) is 19.2 Å². The van der Waals surface area contributed by atoms with Gasteiger partial charge in [0.25, 0.3) is 0 Å². The van der Waals surface area contributed by atoms with Crippen molar-refractivity contribution in [1.82, 2.24) is 16.0 Å². The molecule has 0 fully saturated rings. The minimum atomic E-state index is -1.32. The minimum Gasteiger partial charge on any atom is -0.508 e. The van der Waals surface area contributed by atoms with E-state index in [0.29, 0.717) is 5.56 Å². The molecule has 0 aromatic heterocycles. The van der Waals surface area contributed by atoms with Crippen molar-refractivity contribution in [2.24, 2.45) is 17.4 Å². The molecule has 0 spiro atoms. The fraction of sp³-hybridized carbons (Fsp3) is 0.522. The maximum Gasteiger partial charge on any atom is 0.326 e. The van der Waals surface area contributed by atoms with Gasteiger partial charge in [-0.1, -0.05) is 26.0 Å². The van der Waals surface area contributed by atoms with Gasteiger partial charge in [0.1, 0.15) is 29.9 Å². The Labute approximate surface area is 208 Å². The van der Waals surface area contributed by atoms with E-state index < -0.39 is 60.4 Å². The summed E-state index contributed by atoms with van der Waals surface area (Å²) in [6.07, 6.45) is -0.392. The SMILES string of the molecule is CC(C)CC(NC(=O)C(Cc1ccc(O)cc1)NC(=O)C(CCC(N)=O)NC(=O)C(N)CO)C(=O)O. The van der Waals surface area contributed by atoms with Crippen molar-refractivity contribution < 1.29 is 39.3 Å². The quantitative estimate of drug-likeness (QED) is 0.132. The van der Waals surface area contributed by atoms with Crippen molar-refractivity contribution in [3.05, 3.63) is 29.8 Å². The average molecular weight is 510 g/mol. The molecule has 1 rings (SSSR count). The van der Waals surface area contributed by atoms with Gasteiger partial charge in [-0.15, -0.1) is 0 Å². The maximum absolute atomic E-state index is 13.1. The summed E-state index contributed by atoms with van der Waals surface area (Å²) in [4.78, 5) is 61.1. The first-order valence-electron chi connectivity index (χ1n) is 11.4. The van der Waals surface area contributed by atoms with Crippen molar-refractivity contribution in [2.45, 2.75) is 63.7 Å². The van der Waals surface area contributed by atoms with E-state index in [1.165, 1.54) is 24.3 Å². The molecule has 0 heterocycles. The summed E-state index contributed by atoms with van der Waals surface area (Å²) in [6.45, 7) is 2.90. The molecule has 10 N–H and O–H groups in total. The third-order valence-electron chi connectivity index (χ3n) is 5.18. The second kappa shape index (κ2) is 14.6. The molecule has 4 amide bonds. The molecule has 36 heavy (non-hydrogen) atoms. The summed E-state index contributed by atoms with van der Waals surface area (Å²) in [5.74, 6) is -4.51. The lowest BCUT2D eigenvalue weighted by Crippen LogP contribution is -2.58. The third-order valence-corrected chi connectivity index (χ3v) is 5.18. The third kappa shape index (κ3) is 10.7. The van der Waals surface area contributed by atoms with Gasteiger partial charge in [-0.05, 0) is 36.5 Å². The molecule has 0 radical (unpaired) electrons. The Morgan fingerprint density at radius 3 is 1.92 bits per heavy atom. The van der Waals surface area contributed by atoms with Crippen LogP contribution in [-0.2, 0) is 30.4 Å². The Morgan fingerprint density at radius 2 is 1.42 bits per heavy atom. The van der Waals surface area contributed by atoms with Gasteiger partial charge >= 0.3 is 5.97 Å². The molecule has 13 nitrogen and oxygen atoms in total. The number of aliphatic hydroxyl groups is 1. The van der Waals surface area contributed by atoms with Crippen LogP contribution in [0, 0.1) is 5.92 Å². The molecule has 1 aromatic carbocycles. The van der Waals surface area contributed by atoms with E-state index in [9.17, 15) is 34.2 Å². The van der Waals surface area contributed by atoms with E-state index in [-0.39, 0.29) is 37.4 Å². The molecule has 0 aliphatic rings. The zero-order chi connectivity index (χ0) is 27.4. The topological polar surface area (TPSA) is 234 Å². The number of phenolic OH excluding ortho intramolecular Hbond substituents is 1. The first kappa shape index (κ1) is 30.3. The molecule has 13 heteroatoms. The number of hydrogen-bond donors (Lipinski definition) is 8. The number of phenols is 1. The molecular weight excluding hydrogens is 474 g/mol. The summed E-state index contributed by atoms with van der Waals surface area (Å²) >= 11 is 0. The van der Waals surface area contributed by atoms with Crippen LogP contribution in [0.1, 0.15) is 38.7 Å². The van der Waals surface area contributed by atoms with E-state index in [1.807, 2.05) is 0 Å². The lowest BCUT2D eigenvalue weighted by Gasteiger charge is -2.25. The highest BCUT2D eigenvalue weighted by molar-refractivity contribution is 5.94. The van der Waals surface area contributed by atoms with Crippen LogP contribution in [0.15, 0.2) is 24.3 Å². The molecule has 0 saturated heterocycles. The van der Waals surface area contributed by atoms with Gasteiger partial charge in [-0.25, -0.2) is 4.79 Å². The smallest absolute Gasteiger partial charge is 0.326 e. The predicted octanol–water partition coefficient (Wildman–Crippen LogP) is -1.90. The van der Waals surface area contributed by atoms with Crippen LogP contribution in [-0.4, -0.2) is 75.7 Å². The lowest BCUT2D eigenvalue weighted by molar-refractivity contribution is -0.142. The Bertz CT molecular complexity index is 922. The van der Waals surface area contributed by atoms with Gasteiger partial charge in [-0.2, -0.15) is 0 Å². The van der Waals surface area contributed by atoms with Gasteiger partial charge in [0.15, 0.2) is 0 Å². The number of primary amides is 1. The number of carbonyl (C=O) groups is 5. The monoisotopic (exact) mass is 509 g/mol. The van der Waals surface area contributed by atoms with Crippen LogP contribution in [0.3, 0.4) is 0 Å². The summed E-state index contributed by atoms with van der Waals surface area (Å²) < 4.78 is 0. The lowest BCUT2D eigenvalue weighted by atomic mass is 10.0. The fourth-order valence-electron chi connectivity index (χ4n) is 3.23. The number of amides is 4. The number of nitrogens with one attached hydrogen (secondary N) is 3. The Hall–Kier alpha value is -3.71. The number of aromatic hydroxyl groups is 1. The highest BCUT2D eigenvalue weighted by Crippen LogP contribution is 2.13. The number of benzene rings is 1. The first-order valence-corrected chi connectivity index (χ1v) is 11.4. The van der Waals surface area contributed by atoms with Crippen molar-refractivity contribution in [3.63, 3.8) is 0 Å². The second-order valence-electron chi connectivity index (χ2n) is 8.82. The van der Waals surface area contributed by atoms with Crippen LogP contribution < -0.4 is 27.4 Å². The molecular formula is C23H35N5O8. The summed E-state index contributed by atoms with van der Waals surface area (Å²) in [6, 6.07) is 0.712. The van der Waals surface area contributed by atoms with Gasteiger partial charge in [0.2, 0.25) is 23.6 Å². The maximum atomic E-state index is 13.1. The first-order chi connectivity index (χ1) is 16.8. The summed E-state index contributed by atoms with van der Waals surface area (Å²) in [7, 11) is 0. The molecule has 4 atom stereocenters. The molecule has 4 unspecified atom stereocenters. The van der Waals surface area contributed by atoms with E-state index in [4.69, 9.17) is 16.6 Å². The number of aliphatic hydroxyl groups excluding tert-OH is 1. The molecule has 0 bridgehead atoms. The largest absolute Gasteiger partial charge is 0.508 e. The standard InChI is InChI=1S/C23H35N5O8/c1-12(2)9-18(23(35)36)28-22(34)17(10-13-3-5-14(30)6-4-13)27-21(33)16(7-8-19(25)31)26-20(32)15(24)11-29/h3-6,12,15-18,29-30H,7-11,24H2,1-2H3,(H2,25,31)(H,26,32)(H,27,33)(H,28,34)(H,35,36). The summed E-state index contributed by atoms with van der Waals surface area (Å²) in [5, 5.41) is 35.3. The van der Waals surface area contributed by atoms with E-state index in [0.717, 1.165) is 0 Å². The van der Waals surface area contributed by atoms with Crippen LogP contribution >= 0.6 is 0 Å². The van der Waals surface area contributed by atoms with Gasteiger partial charge in [0, 0.05) is 12.8 Å². The second-order valence-corrected chi connectivity index (χ2v) is 8.82. The van der Waals surface area contributed by atoms with Crippen molar-refractivity contribution in [1.29, 1.82) is 0 Å².